The van der Waals surface area contributed by atoms with Gasteiger partial charge < -0.3 is 10.2 Å². The first-order valence-electron chi connectivity index (χ1n) is 5.95. The number of carbonyl (C=O) groups excluding carboxylic acids is 1. The van der Waals surface area contributed by atoms with Gasteiger partial charge in [0.05, 0.1) is 0 Å². The molecule has 1 aliphatic carbocycles. The number of alkyl halides is 2. The van der Waals surface area contributed by atoms with E-state index in [4.69, 9.17) is 23.2 Å². The van der Waals surface area contributed by atoms with Gasteiger partial charge in [0.1, 0.15) is 0 Å². The van der Waals surface area contributed by atoms with Crippen molar-refractivity contribution in [1.29, 1.82) is 0 Å². The van der Waals surface area contributed by atoms with Gasteiger partial charge in [-0.25, -0.2) is 4.79 Å². The number of carbonyl (C=O) groups is 1. The smallest absolute Gasteiger partial charge is 0.317 e. The standard InChI is InChI=1S/C11H20Cl2N2O/c12-6-8-15(9-7-13)11(16)14-10-4-2-1-3-5-10/h10H,1-9H2,(H,14,16). The molecule has 0 aromatic heterocycles. The van der Waals surface area contributed by atoms with Crippen LogP contribution in [0.2, 0.25) is 0 Å². The zero-order chi connectivity index (χ0) is 11.8. The van der Waals surface area contributed by atoms with E-state index in [1.54, 1.807) is 4.90 Å². The van der Waals surface area contributed by atoms with Gasteiger partial charge in [-0.3, -0.25) is 0 Å². The van der Waals surface area contributed by atoms with Crippen LogP contribution in [0.1, 0.15) is 32.1 Å². The Balaban J connectivity index is 2.34. The van der Waals surface area contributed by atoms with Crippen LogP contribution in [-0.2, 0) is 0 Å². The molecule has 0 aromatic rings. The van der Waals surface area contributed by atoms with Crippen LogP contribution in [0.5, 0.6) is 0 Å². The van der Waals surface area contributed by atoms with Gasteiger partial charge in [-0.2, -0.15) is 0 Å². The van der Waals surface area contributed by atoms with Gasteiger partial charge in [-0.05, 0) is 12.8 Å². The summed E-state index contributed by atoms with van der Waals surface area (Å²) in [5.41, 5.74) is 0. The van der Waals surface area contributed by atoms with E-state index in [2.05, 4.69) is 5.32 Å². The highest BCUT2D eigenvalue weighted by Gasteiger charge is 2.19. The minimum Gasteiger partial charge on any atom is -0.335 e. The first-order chi connectivity index (χ1) is 7.77. The molecule has 94 valence electrons. The second kappa shape index (κ2) is 8.02. The Morgan fingerprint density at radius 3 is 2.19 bits per heavy atom. The van der Waals surface area contributed by atoms with Crippen LogP contribution in [0.15, 0.2) is 0 Å². The normalized spacial score (nSPS) is 17.1. The summed E-state index contributed by atoms with van der Waals surface area (Å²) in [4.78, 5) is 13.6. The Hall–Kier alpha value is -0.150. The van der Waals surface area contributed by atoms with Crippen LogP contribution in [-0.4, -0.2) is 41.8 Å². The van der Waals surface area contributed by atoms with Gasteiger partial charge in [-0.15, -0.1) is 23.2 Å². The fourth-order valence-electron chi connectivity index (χ4n) is 2.03. The van der Waals surface area contributed by atoms with E-state index in [1.807, 2.05) is 0 Å². The van der Waals surface area contributed by atoms with Crippen LogP contribution in [0, 0.1) is 0 Å². The molecule has 0 unspecified atom stereocenters. The van der Waals surface area contributed by atoms with Crippen molar-refractivity contribution in [2.75, 3.05) is 24.8 Å². The molecule has 1 aliphatic rings. The van der Waals surface area contributed by atoms with Gasteiger partial charge in [0.15, 0.2) is 0 Å². The summed E-state index contributed by atoms with van der Waals surface area (Å²) in [5, 5.41) is 3.06. The van der Waals surface area contributed by atoms with E-state index in [0.29, 0.717) is 30.9 Å². The van der Waals surface area contributed by atoms with Gasteiger partial charge in [0, 0.05) is 30.9 Å². The zero-order valence-electron chi connectivity index (χ0n) is 9.55. The first kappa shape index (κ1) is 13.9. The third kappa shape index (κ3) is 4.79. The number of urea groups is 1. The van der Waals surface area contributed by atoms with E-state index in [0.717, 1.165) is 12.8 Å². The average Bonchev–Trinajstić information content (AvgIpc) is 2.30. The lowest BCUT2D eigenvalue weighted by Crippen LogP contribution is -2.46. The molecule has 0 aromatic carbocycles. The molecule has 0 saturated heterocycles. The fraction of sp³-hybridized carbons (Fsp3) is 0.909. The summed E-state index contributed by atoms with van der Waals surface area (Å²) in [6, 6.07) is 0.322. The highest BCUT2D eigenvalue weighted by molar-refractivity contribution is 6.18. The zero-order valence-corrected chi connectivity index (χ0v) is 11.1. The quantitative estimate of drug-likeness (QED) is 0.763. The average molecular weight is 267 g/mol. The lowest BCUT2D eigenvalue weighted by Gasteiger charge is -2.27. The number of hydrogen-bond donors (Lipinski definition) is 1. The molecule has 0 atom stereocenters. The molecular weight excluding hydrogens is 247 g/mol. The highest BCUT2D eigenvalue weighted by atomic mass is 35.5. The lowest BCUT2D eigenvalue weighted by atomic mass is 9.96. The van der Waals surface area contributed by atoms with Gasteiger partial charge >= 0.3 is 6.03 Å². The maximum Gasteiger partial charge on any atom is 0.317 e. The third-order valence-electron chi connectivity index (χ3n) is 2.93. The molecule has 0 radical (unpaired) electrons. The minimum absolute atomic E-state index is 0.0202. The second-order valence-corrected chi connectivity index (χ2v) is 4.91. The predicted octanol–water partition coefficient (Wildman–Crippen LogP) is 2.81. The van der Waals surface area contributed by atoms with Crippen molar-refractivity contribution < 1.29 is 4.79 Å². The van der Waals surface area contributed by atoms with Gasteiger partial charge in [0.25, 0.3) is 0 Å². The van der Waals surface area contributed by atoms with Crippen molar-refractivity contribution in [2.24, 2.45) is 0 Å². The SMILES string of the molecule is O=C(NC1CCCCC1)N(CCCl)CCCl. The summed E-state index contributed by atoms with van der Waals surface area (Å²) in [7, 11) is 0. The van der Waals surface area contributed by atoms with Crippen LogP contribution in [0.25, 0.3) is 0 Å². The summed E-state index contributed by atoms with van der Waals surface area (Å²) in [6.07, 6.45) is 5.92. The summed E-state index contributed by atoms with van der Waals surface area (Å²) in [6.45, 7) is 1.12. The molecule has 1 fully saturated rings. The van der Waals surface area contributed by atoms with E-state index >= 15 is 0 Å². The number of hydrogen-bond acceptors (Lipinski definition) is 1. The lowest BCUT2D eigenvalue weighted by molar-refractivity contribution is 0.196. The molecule has 16 heavy (non-hydrogen) atoms. The molecule has 0 heterocycles. The monoisotopic (exact) mass is 266 g/mol. The maximum atomic E-state index is 11.9. The van der Waals surface area contributed by atoms with Crippen molar-refractivity contribution in [2.45, 2.75) is 38.1 Å². The highest BCUT2D eigenvalue weighted by Crippen LogP contribution is 2.17. The number of nitrogens with one attached hydrogen (secondary N) is 1. The van der Waals surface area contributed by atoms with E-state index in [-0.39, 0.29) is 6.03 Å². The maximum absolute atomic E-state index is 11.9. The molecule has 0 spiro atoms. The van der Waals surface area contributed by atoms with Crippen molar-refractivity contribution in [3.8, 4) is 0 Å². The molecule has 3 nitrogen and oxygen atoms in total. The molecule has 1 rings (SSSR count). The van der Waals surface area contributed by atoms with Crippen LogP contribution in [0.4, 0.5) is 4.79 Å². The molecule has 1 saturated carbocycles. The Labute approximate surface area is 107 Å². The molecule has 1 N–H and O–H groups in total. The molecule has 0 bridgehead atoms. The second-order valence-electron chi connectivity index (χ2n) is 4.15. The predicted molar refractivity (Wildman–Crippen MR) is 68.4 cm³/mol. The van der Waals surface area contributed by atoms with Crippen molar-refractivity contribution in [3.05, 3.63) is 0 Å². The summed E-state index contributed by atoms with van der Waals surface area (Å²) < 4.78 is 0. The minimum atomic E-state index is -0.0202. The topological polar surface area (TPSA) is 32.3 Å². The van der Waals surface area contributed by atoms with Crippen molar-refractivity contribution in [1.82, 2.24) is 10.2 Å². The van der Waals surface area contributed by atoms with E-state index in [1.165, 1.54) is 19.3 Å². The largest absolute Gasteiger partial charge is 0.335 e. The van der Waals surface area contributed by atoms with Crippen molar-refractivity contribution in [3.63, 3.8) is 0 Å². The number of halogens is 2. The van der Waals surface area contributed by atoms with Gasteiger partial charge in [-0.1, -0.05) is 19.3 Å². The molecule has 2 amide bonds. The van der Waals surface area contributed by atoms with E-state index < -0.39 is 0 Å². The fourth-order valence-corrected chi connectivity index (χ4v) is 2.44. The number of nitrogens with zero attached hydrogens (tertiary/aromatic N) is 1. The molecule has 0 aliphatic heterocycles. The number of rotatable bonds is 5. The third-order valence-corrected chi connectivity index (χ3v) is 3.27. The van der Waals surface area contributed by atoms with Crippen molar-refractivity contribution >= 4 is 29.2 Å². The Bertz CT molecular complexity index is 202. The molecular formula is C11H20Cl2N2O. The summed E-state index contributed by atoms with van der Waals surface area (Å²) >= 11 is 11.3. The van der Waals surface area contributed by atoms with Crippen LogP contribution < -0.4 is 5.32 Å². The Morgan fingerprint density at radius 2 is 1.69 bits per heavy atom. The van der Waals surface area contributed by atoms with E-state index in [9.17, 15) is 4.79 Å². The van der Waals surface area contributed by atoms with Crippen LogP contribution >= 0.6 is 23.2 Å². The summed E-state index contributed by atoms with van der Waals surface area (Å²) in [5.74, 6) is 0.907. The molecule has 5 heteroatoms. The van der Waals surface area contributed by atoms with Gasteiger partial charge in [0.2, 0.25) is 0 Å². The first-order valence-corrected chi connectivity index (χ1v) is 7.02. The Morgan fingerprint density at radius 1 is 1.12 bits per heavy atom. The number of amides is 2. The van der Waals surface area contributed by atoms with Crippen LogP contribution in [0.3, 0.4) is 0 Å². The Kier molecular flexibility index (Phi) is 6.97.